The maximum absolute atomic E-state index is 5.49. The number of hydrogen-bond acceptors (Lipinski definition) is 2. The third-order valence-corrected chi connectivity index (χ3v) is 1.63. The van der Waals surface area contributed by atoms with E-state index in [0.717, 1.165) is 0 Å². The summed E-state index contributed by atoms with van der Waals surface area (Å²) in [7, 11) is 0. The Labute approximate surface area is 67.5 Å². The molecule has 11 heavy (non-hydrogen) atoms. The van der Waals surface area contributed by atoms with Crippen LogP contribution in [-0.2, 0) is 9.47 Å². The van der Waals surface area contributed by atoms with Crippen molar-refractivity contribution in [1.29, 1.82) is 0 Å². The largest absolute Gasteiger partial charge is 0.340 e. The highest BCUT2D eigenvalue weighted by Gasteiger charge is 2.37. The zero-order chi connectivity index (χ0) is 8.48. The standard InChI is InChI=1S/C9H14O2/c1-5-7-8(6-2)11-9(3,4)10-7/h5-8H,1-2H2,3-4H3/t7-,8-/m1/s1. The SMILES string of the molecule is C=C[C@H]1OC(C)(C)O[C@@H]1C=C. The minimum Gasteiger partial charge on any atom is -0.340 e. The molecule has 0 unspecified atom stereocenters. The summed E-state index contributed by atoms with van der Waals surface area (Å²) in [5, 5.41) is 0. The molecule has 0 aromatic carbocycles. The summed E-state index contributed by atoms with van der Waals surface area (Å²) < 4.78 is 11.0. The topological polar surface area (TPSA) is 18.5 Å². The molecule has 2 atom stereocenters. The molecule has 2 heteroatoms. The van der Waals surface area contributed by atoms with Crippen molar-refractivity contribution in [2.75, 3.05) is 0 Å². The monoisotopic (exact) mass is 154 g/mol. The van der Waals surface area contributed by atoms with Gasteiger partial charge in [-0.2, -0.15) is 0 Å². The smallest absolute Gasteiger partial charge is 0.164 e. The highest BCUT2D eigenvalue weighted by Crippen LogP contribution is 2.28. The van der Waals surface area contributed by atoms with E-state index in [4.69, 9.17) is 9.47 Å². The molecule has 0 aromatic rings. The second-order valence-electron chi connectivity index (χ2n) is 3.04. The van der Waals surface area contributed by atoms with Crippen LogP contribution >= 0.6 is 0 Å². The molecule has 62 valence electrons. The quantitative estimate of drug-likeness (QED) is 0.565. The molecule has 0 radical (unpaired) electrons. The van der Waals surface area contributed by atoms with Gasteiger partial charge < -0.3 is 9.47 Å². The molecule has 1 aliphatic rings. The Balaban J connectivity index is 2.69. The highest BCUT2D eigenvalue weighted by molar-refractivity contribution is 5.00. The van der Waals surface area contributed by atoms with E-state index in [1.165, 1.54) is 0 Å². The van der Waals surface area contributed by atoms with E-state index in [1.54, 1.807) is 12.2 Å². The molecule has 0 saturated carbocycles. The zero-order valence-electron chi connectivity index (χ0n) is 7.04. The van der Waals surface area contributed by atoms with Gasteiger partial charge in [0.1, 0.15) is 12.2 Å². The van der Waals surface area contributed by atoms with Gasteiger partial charge in [-0.3, -0.25) is 0 Å². The van der Waals surface area contributed by atoms with Crippen LogP contribution in [0.25, 0.3) is 0 Å². The summed E-state index contributed by atoms with van der Waals surface area (Å²) >= 11 is 0. The van der Waals surface area contributed by atoms with Crippen molar-refractivity contribution >= 4 is 0 Å². The Morgan fingerprint density at radius 3 is 1.73 bits per heavy atom. The molecule has 0 spiro atoms. The molecule has 0 aliphatic carbocycles. The van der Waals surface area contributed by atoms with Crippen LogP contribution in [0.15, 0.2) is 25.3 Å². The molecule has 1 saturated heterocycles. The van der Waals surface area contributed by atoms with Gasteiger partial charge in [0.2, 0.25) is 0 Å². The maximum atomic E-state index is 5.49. The van der Waals surface area contributed by atoms with Crippen molar-refractivity contribution in [3.05, 3.63) is 25.3 Å². The van der Waals surface area contributed by atoms with Crippen molar-refractivity contribution in [2.45, 2.75) is 31.8 Å². The first-order valence-electron chi connectivity index (χ1n) is 3.70. The van der Waals surface area contributed by atoms with Gasteiger partial charge >= 0.3 is 0 Å². The second-order valence-corrected chi connectivity index (χ2v) is 3.04. The summed E-state index contributed by atoms with van der Waals surface area (Å²) in [6.07, 6.45) is 3.37. The van der Waals surface area contributed by atoms with Gasteiger partial charge in [0.15, 0.2) is 5.79 Å². The van der Waals surface area contributed by atoms with Crippen LogP contribution in [-0.4, -0.2) is 18.0 Å². The predicted octanol–water partition coefficient (Wildman–Crippen LogP) is 1.88. The lowest BCUT2D eigenvalue weighted by atomic mass is 10.2. The van der Waals surface area contributed by atoms with Crippen molar-refractivity contribution in [1.82, 2.24) is 0 Å². The zero-order valence-corrected chi connectivity index (χ0v) is 7.04. The van der Waals surface area contributed by atoms with Crippen molar-refractivity contribution in [2.24, 2.45) is 0 Å². The molecule has 2 nitrogen and oxygen atoms in total. The van der Waals surface area contributed by atoms with E-state index in [9.17, 15) is 0 Å². The Bertz CT molecular complexity index is 154. The molecule has 1 aliphatic heterocycles. The number of hydrogen-bond donors (Lipinski definition) is 0. The number of ether oxygens (including phenoxy) is 2. The molecule has 1 fully saturated rings. The van der Waals surface area contributed by atoms with Gasteiger partial charge in [-0.15, -0.1) is 13.2 Å². The van der Waals surface area contributed by atoms with Crippen LogP contribution in [0, 0.1) is 0 Å². The summed E-state index contributed by atoms with van der Waals surface area (Å²) in [5.74, 6) is -0.502. The first-order chi connectivity index (χ1) is 5.09. The summed E-state index contributed by atoms with van der Waals surface area (Å²) in [4.78, 5) is 0. The first kappa shape index (κ1) is 8.50. The lowest BCUT2D eigenvalue weighted by Crippen LogP contribution is -2.20. The summed E-state index contributed by atoms with van der Waals surface area (Å²) in [6, 6.07) is 0. The van der Waals surface area contributed by atoms with Crippen LogP contribution in [0.2, 0.25) is 0 Å². The van der Waals surface area contributed by atoms with Gasteiger partial charge in [-0.1, -0.05) is 12.2 Å². The minimum absolute atomic E-state index is 0.0532. The van der Waals surface area contributed by atoms with E-state index in [-0.39, 0.29) is 12.2 Å². The van der Waals surface area contributed by atoms with E-state index in [1.807, 2.05) is 13.8 Å². The van der Waals surface area contributed by atoms with E-state index >= 15 is 0 Å². The van der Waals surface area contributed by atoms with Crippen molar-refractivity contribution in [3.63, 3.8) is 0 Å². The predicted molar refractivity (Wildman–Crippen MR) is 44.2 cm³/mol. The average Bonchev–Trinajstić information content (AvgIpc) is 2.25. The number of rotatable bonds is 2. The van der Waals surface area contributed by atoms with E-state index in [2.05, 4.69) is 13.2 Å². The Hall–Kier alpha value is -0.600. The first-order valence-corrected chi connectivity index (χ1v) is 3.70. The normalized spacial score (nSPS) is 35.1. The van der Waals surface area contributed by atoms with Crippen LogP contribution in [0.5, 0.6) is 0 Å². The minimum atomic E-state index is -0.502. The fourth-order valence-electron chi connectivity index (χ4n) is 1.18. The lowest BCUT2D eigenvalue weighted by molar-refractivity contribution is -0.138. The van der Waals surface area contributed by atoms with Gasteiger partial charge in [-0.25, -0.2) is 0 Å². The molecule has 0 aromatic heterocycles. The maximum Gasteiger partial charge on any atom is 0.164 e. The molecule has 0 bridgehead atoms. The molecule has 0 amide bonds. The van der Waals surface area contributed by atoms with Gasteiger partial charge in [0.05, 0.1) is 0 Å². The average molecular weight is 154 g/mol. The van der Waals surface area contributed by atoms with Crippen LogP contribution in [0.1, 0.15) is 13.8 Å². The fourth-order valence-corrected chi connectivity index (χ4v) is 1.18. The molecular weight excluding hydrogens is 140 g/mol. The van der Waals surface area contributed by atoms with Crippen LogP contribution < -0.4 is 0 Å². The summed E-state index contributed by atoms with van der Waals surface area (Å²) in [6.45, 7) is 11.1. The fraction of sp³-hybridized carbons (Fsp3) is 0.556. The third kappa shape index (κ3) is 1.70. The van der Waals surface area contributed by atoms with Gasteiger partial charge in [0.25, 0.3) is 0 Å². The van der Waals surface area contributed by atoms with Gasteiger partial charge in [0, 0.05) is 0 Å². The van der Waals surface area contributed by atoms with Crippen LogP contribution in [0.4, 0.5) is 0 Å². The van der Waals surface area contributed by atoms with Crippen LogP contribution in [0.3, 0.4) is 0 Å². The summed E-state index contributed by atoms with van der Waals surface area (Å²) in [5.41, 5.74) is 0. The van der Waals surface area contributed by atoms with E-state index < -0.39 is 5.79 Å². The van der Waals surface area contributed by atoms with Gasteiger partial charge in [-0.05, 0) is 13.8 Å². The molecule has 1 rings (SSSR count). The Kier molecular flexibility index (Phi) is 2.16. The highest BCUT2D eigenvalue weighted by atomic mass is 16.7. The third-order valence-electron chi connectivity index (χ3n) is 1.63. The van der Waals surface area contributed by atoms with E-state index in [0.29, 0.717) is 0 Å². The Morgan fingerprint density at radius 2 is 1.45 bits per heavy atom. The van der Waals surface area contributed by atoms with Crippen molar-refractivity contribution < 1.29 is 9.47 Å². The second kappa shape index (κ2) is 2.80. The molecular formula is C9H14O2. The molecule has 0 N–H and O–H groups in total. The van der Waals surface area contributed by atoms with Crippen molar-refractivity contribution in [3.8, 4) is 0 Å². The molecule has 1 heterocycles. The lowest BCUT2D eigenvalue weighted by Gasteiger charge is -2.15. The Morgan fingerprint density at radius 1 is 1.09 bits per heavy atom.